The number of ketones is 1. The lowest BCUT2D eigenvalue weighted by atomic mass is 9.77. The zero-order chi connectivity index (χ0) is 42.0. The summed E-state index contributed by atoms with van der Waals surface area (Å²) in [4.78, 5) is 65.4. The molecule has 1 aromatic heterocycles. The molecule has 1 unspecified atom stereocenters. The van der Waals surface area contributed by atoms with Gasteiger partial charge in [0.1, 0.15) is 17.6 Å². The number of Topliss-reactive ketones (excluding diaryl/α,β-unsaturated/α-hetero) is 1. The van der Waals surface area contributed by atoms with Crippen LogP contribution in [0.2, 0.25) is 0 Å². The van der Waals surface area contributed by atoms with Gasteiger partial charge in [0, 0.05) is 55.4 Å². The Bertz CT molecular complexity index is 2150. The zero-order valence-corrected chi connectivity index (χ0v) is 35.5. The van der Waals surface area contributed by atoms with Gasteiger partial charge < -0.3 is 19.3 Å². The average molecular weight is 815 g/mol. The predicted octanol–water partition coefficient (Wildman–Crippen LogP) is 6.72. The number of nitrogens with zero attached hydrogens (tertiary/aromatic N) is 3. The van der Waals surface area contributed by atoms with E-state index >= 15 is 0 Å². The minimum absolute atomic E-state index is 0.000876. The van der Waals surface area contributed by atoms with Crippen molar-refractivity contribution in [2.75, 3.05) is 26.7 Å². The summed E-state index contributed by atoms with van der Waals surface area (Å²) < 4.78 is 40.5. The van der Waals surface area contributed by atoms with Gasteiger partial charge in [-0.2, -0.15) is 0 Å². The van der Waals surface area contributed by atoms with Crippen molar-refractivity contribution in [3.05, 3.63) is 67.3 Å². The normalized spacial score (nSPS) is 23.2. The number of allylic oxidation sites excluding steroid dienone is 1. The molecule has 1 saturated carbocycles. The fraction of sp³-hybridized carbons (Fsp3) is 0.533. The van der Waals surface area contributed by atoms with Gasteiger partial charge in [-0.05, 0) is 62.5 Å². The predicted molar refractivity (Wildman–Crippen MR) is 223 cm³/mol. The van der Waals surface area contributed by atoms with Crippen molar-refractivity contribution in [2.45, 2.75) is 103 Å². The Hall–Kier alpha value is -4.78. The number of carbonyl (C=O) groups is 4. The van der Waals surface area contributed by atoms with Crippen LogP contribution >= 0.6 is 0 Å². The molecule has 0 bridgehead atoms. The van der Waals surface area contributed by atoms with Crippen LogP contribution in [0.5, 0.6) is 11.5 Å². The van der Waals surface area contributed by atoms with Crippen LogP contribution in [-0.2, 0) is 29.2 Å². The highest BCUT2D eigenvalue weighted by Gasteiger charge is 2.61. The number of carbonyl (C=O) groups excluding carboxylic acids is 4. The van der Waals surface area contributed by atoms with Crippen molar-refractivity contribution >= 4 is 44.4 Å². The molecule has 2 aliphatic heterocycles. The summed E-state index contributed by atoms with van der Waals surface area (Å²) in [5, 5.41) is -0.0847. The Morgan fingerprint density at radius 1 is 1.05 bits per heavy atom. The molecule has 0 radical (unpaired) electrons. The molecule has 6 atom stereocenters. The van der Waals surface area contributed by atoms with Gasteiger partial charge in [-0.1, -0.05) is 64.1 Å². The second-order valence-electron chi connectivity index (χ2n) is 17.3. The molecular formula is C45H58N4O8S. The summed E-state index contributed by atoms with van der Waals surface area (Å²) >= 11 is 0. The highest BCUT2D eigenvalue weighted by atomic mass is 32.2. The van der Waals surface area contributed by atoms with Crippen LogP contribution in [-0.4, -0.2) is 90.8 Å². The van der Waals surface area contributed by atoms with Crippen molar-refractivity contribution in [2.24, 2.45) is 22.7 Å². The number of nitrogens with one attached hydrogen (secondary N) is 1. The third-order valence-corrected chi connectivity index (χ3v) is 14.3. The third-order valence-electron chi connectivity index (χ3n) is 12.4. The number of pyridine rings is 1. The largest absolute Gasteiger partial charge is 0.497 e. The van der Waals surface area contributed by atoms with Crippen molar-refractivity contribution in [1.82, 2.24) is 19.5 Å². The number of benzene rings is 2. The average Bonchev–Trinajstić information content (AvgIpc) is 3.77. The highest BCUT2D eigenvalue weighted by Crippen LogP contribution is 2.57. The summed E-state index contributed by atoms with van der Waals surface area (Å²) in [6.07, 6.45) is 4.26. The zero-order valence-electron chi connectivity index (χ0n) is 34.7. The lowest BCUT2D eigenvalue weighted by Gasteiger charge is -2.36. The van der Waals surface area contributed by atoms with E-state index in [1.165, 1.54) is 6.92 Å². The number of ether oxygens (including phenoxy) is 2. The number of amides is 3. The van der Waals surface area contributed by atoms with Gasteiger partial charge in [0.05, 0.1) is 47.5 Å². The first kappa shape index (κ1) is 42.8. The molecule has 1 aliphatic carbocycles. The second-order valence-corrected chi connectivity index (χ2v) is 19.4. The van der Waals surface area contributed by atoms with Crippen LogP contribution in [0, 0.1) is 22.7 Å². The number of hydrogen-bond acceptors (Lipinski definition) is 9. The molecule has 12 nitrogen and oxygen atoms in total. The number of methoxy groups -OCH3 is 1. The highest BCUT2D eigenvalue weighted by molar-refractivity contribution is 7.90. The van der Waals surface area contributed by atoms with Gasteiger partial charge >= 0.3 is 0 Å². The van der Waals surface area contributed by atoms with Gasteiger partial charge in [0.25, 0.3) is 0 Å². The molecular weight excluding hydrogens is 757 g/mol. The monoisotopic (exact) mass is 814 g/mol. The van der Waals surface area contributed by atoms with E-state index in [0.717, 1.165) is 30.2 Å². The summed E-state index contributed by atoms with van der Waals surface area (Å²) in [6, 6.07) is 16.1. The Labute approximate surface area is 342 Å². The summed E-state index contributed by atoms with van der Waals surface area (Å²) in [5.74, 6) is -1.53. The van der Waals surface area contributed by atoms with Crippen LogP contribution in [0.3, 0.4) is 0 Å². The van der Waals surface area contributed by atoms with Crippen molar-refractivity contribution < 1.29 is 37.1 Å². The van der Waals surface area contributed by atoms with E-state index in [-0.39, 0.29) is 49.8 Å². The van der Waals surface area contributed by atoms with E-state index < -0.39 is 56.0 Å². The standard InChI is InChI=1S/C45H58N4O8S/c1-8-29(3)58(54,55)47-43(53)45(26-31(45)9-2)27-39(50)38-23-33(28-49(38)42(52)35(44(4,5)6)24-41(51)48-20-14-11-15-21-48)57-40-25-36(30-16-12-10-13-17-30)46-37-22-32(56-7)18-19-34(37)40/h9-10,12-13,16-19,22,25,29,31,33,35,38H,2,8,11,14-15,20-21,23-24,26-28H2,1,3-7H3,(H,47,53)/t29?,31-,33-,35-,38+,45-/m1/s1. The summed E-state index contributed by atoms with van der Waals surface area (Å²) in [7, 11) is -2.39. The molecule has 6 rings (SSSR count). The Morgan fingerprint density at radius 3 is 2.38 bits per heavy atom. The van der Waals surface area contributed by atoms with Crippen LogP contribution < -0.4 is 14.2 Å². The number of rotatable bonds is 15. The first-order chi connectivity index (χ1) is 27.5. The van der Waals surface area contributed by atoms with Gasteiger partial charge in [-0.25, -0.2) is 13.4 Å². The summed E-state index contributed by atoms with van der Waals surface area (Å²) in [5.41, 5.74) is 0.243. The molecule has 58 heavy (non-hydrogen) atoms. The maximum absolute atomic E-state index is 14.9. The van der Waals surface area contributed by atoms with E-state index in [1.54, 1.807) is 25.0 Å². The summed E-state index contributed by atoms with van der Waals surface area (Å²) in [6.45, 7) is 14.3. The van der Waals surface area contributed by atoms with Crippen LogP contribution in [0.15, 0.2) is 67.3 Å². The van der Waals surface area contributed by atoms with E-state index in [2.05, 4.69) is 11.3 Å². The number of hydrogen-bond donors (Lipinski definition) is 1. The molecule has 312 valence electrons. The Balaban J connectivity index is 1.35. The molecule has 3 heterocycles. The molecule has 3 aromatic rings. The van der Waals surface area contributed by atoms with E-state index in [9.17, 15) is 27.6 Å². The van der Waals surface area contributed by atoms with Crippen molar-refractivity contribution in [3.8, 4) is 22.8 Å². The maximum atomic E-state index is 14.9. The molecule has 2 aromatic carbocycles. The SMILES string of the molecule is C=C[C@@H]1C[C@]1(CC(=O)[C@@H]1C[C@@H](Oc2cc(-c3ccccc3)nc3cc(OC)ccc23)CN1C(=O)[C@@H](CC(=O)N1CCCCC1)C(C)(C)C)C(=O)NS(=O)(=O)C(C)CC. The fourth-order valence-electron chi connectivity index (χ4n) is 8.35. The van der Waals surface area contributed by atoms with Crippen LogP contribution in [0.25, 0.3) is 22.2 Å². The van der Waals surface area contributed by atoms with Crippen LogP contribution in [0.1, 0.15) is 86.0 Å². The Kier molecular flexibility index (Phi) is 12.7. The van der Waals surface area contributed by atoms with Gasteiger partial charge in [0.2, 0.25) is 27.7 Å². The van der Waals surface area contributed by atoms with Crippen molar-refractivity contribution in [3.63, 3.8) is 0 Å². The number of sulfonamides is 1. The van der Waals surface area contributed by atoms with Gasteiger partial charge in [0.15, 0.2) is 5.78 Å². The number of piperidine rings is 1. The molecule has 0 spiro atoms. The first-order valence-corrected chi connectivity index (χ1v) is 22.1. The van der Waals surface area contributed by atoms with Crippen molar-refractivity contribution in [1.29, 1.82) is 0 Å². The molecule has 13 heteroatoms. The quantitative estimate of drug-likeness (QED) is 0.165. The molecule has 3 fully saturated rings. The molecule has 1 N–H and O–H groups in total. The number of aromatic nitrogens is 1. The van der Waals surface area contributed by atoms with Crippen LogP contribution in [0.4, 0.5) is 0 Å². The fourth-order valence-corrected chi connectivity index (χ4v) is 9.45. The van der Waals surface area contributed by atoms with E-state index in [4.69, 9.17) is 14.5 Å². The number of fused-ring (bicyclic) bond motifs is 1. The number of likely N-dealkylation sites (tertiary alicyclic amines) is 2. The minimum Gasteiger partial charge on any atom is -0.497 e. The minimum atomic E-state index is -3.98. The lowest BCUT2D eigenvalue weighted by Crippen LogP contribution is -2.49. The first-order valence-electron chi connectivity index (χ1n) is 20.5. The molecule has 3 amide bonds. The second kappa shape index (κ2) is 17.2. The molecule has 2 saturated heterocycles. The molecule has 3 aliphatic rings. The van der Waals surface area contributed by atoms with Gasteiger partial charge in [-0.3, -0.25) is 23.9 Å². The third kappa shape index (κ3) is 9.09. The van der Waals surface area contributed by atoms with E-state index in [0.29, 0.717) is 42.2 Å². The maximum Gasteiger partial charge on any atom is 0.240 e. The lowest BCUT2D eigenvalue weighted by molar-refractivity contribution is -0.148. The van der Waals surface area contributed by atoms with Gasteiger partial charge in [-0.15, -0.1) is 6.58 Å². The Morgan fingerprint density at radius 2 is 1.76 bits per heavy atom. The smallest absolute Gasteiger partial charge is 0.240 e. The topological polar surface area (TPSA) is 152 Å². The van der Waals surface area contributed by atoms with E-state index in [1.807, 2.05) is 80.3 Å².